The van der Waals surface area contributed by atoms with Gasteiger partial charge in [0.1, 0.15) is 11.5 Å². The van der Waals surface area contributed by atoms with E-state index in [9.17, 15) is 13.2 Å². The highest BCUT2D eigenvalue weighted by Crippen LogP contribution is 2.18. The van der Waals surface area contributed by atoms with E-state index < -0.39 is 9.84 Å². The maximum absolute atomic E-state index is 12.2. The second kappa shape index (κ2) is 6.79. The van der Waals surface area contributed by atoms with Crippen LogP contribution in [0.3, 0.4) is 0 Å². The Hall–Kier alpha value is -2.08. The molecule has 0 radical (unpaired) electrons. The van der Waals surface area contributed by atoms with Crippen LogP contribution in [0.15, 0.2) is 51.8 Å². The molecule has 2 rings (SSSR count). The number of rotatable bonds is 6. The van der Waals surface area contributed by atoms with Gasteiger partial charge in [0, 0.05) is 6.04 Å². The van der Waals surface area contributed by atoms with Crippen molar-refractivity contribution in [1.29, 1.82) is 0 Å². The lowest BCUT2D eigenvalue weighted by atomic mass is 10.2. The molecule has 1 heterocycles. The van der Waals surface area contributed by atoms with Crippen LogP contribution in [0.25, 0.3) is 0 Å². The number of amides is 1. The third kappa shape index (κ3) is 3.98. The Morgan fingerprint density at radius 1 is 1.18 bits per heavy atom. The summed E-state index contributed by atoms with van der Waals surface area (Å²) >= 11 is 0. The molecular weight excluding hydrogens is 302 g/mol. The molecule has 0 bridgehead atoms. The summed E-state index contributed by atoms with van der Waals surface area (Å²) in [5.74, 6) is -0.234. The monoisotopic (exact) mass is 321 g/mol. The molecular formula is C16H19NO4S. The van der Waals surface area contributed by atoms with E-state index in [1.165, 1.54) is 24.3 Å². The fourth-order valence-electron chi connectivity index (χ4n) is 1.87. The van der Waals surface area contributed by atoms with E-state index in [-0.39, 0.29) is 34.1 Å². The number of carbonyl (C=O) groups excluding carboxylic acids is 1. The van der Waals surface area contributed by atoms with E-state index in [2.05, 4.69) is 5.32 Å². The summed E-state index contributed by atoms with van der Waals surface area (Å²) in [5, 5.41) is 2.77. The van der Waals surface area contributed by atoms with Crippen molar-refractivity contribution >= 4 is 15.7 Å². The second-order valence-electron chi connectivity index (χ2n) is 5.12. The molecule has 0 fully saturated rings. The van der Waals surface area contributed by atoms with Gasteiger partial charge in [-0.1, -0.05) is 25.1 Å². The fraction of sp³-hybridized carbons (Fsp3) is 0.312. The summed E-state index contributed by atoms with van der Waals surface area (Å²) in [6, 6.07) is 11.2. The third-order valence-electron chi connectivity index (χ3n) is 3.31. The average Bonchev–Trinajstić information content (AvgIpc) is 2.96. The molecule has 1 aromatic heterocycles. The van der Waals surface area contributed by atoms with Crippen molar-refractivity contribution in [2.75, 3.05) is 0 Å². The average molecular weight is 321 g/mol. The lowest BCUT2D eigenvalue weighted by Crippen LogP contribution is -2.31. The Morgan fingerprint density at radius 3 is 2.50 bits per heavy atom. The molecule has 6 heteroatoms. The number of sulfone groups is 1. The van der Waals surface area contributed by atoms with Crippen molar-refractivity contribution in [3.8, 4) is 0 Å². The standard InChI is InChI=1S/C16H19NO4S/c1-3-12(2)17-16(18)15-10-9-13(21-15)11-22(19,20)14-7-5-4-6-8-14/h4-10,12H,3,11H2,1-2H3,(H,17,18). The van der Waals surface area contributed by atoms with Crippen LogP contribution in [0.1, 0.15) is 36.6 Å². The molecule has 1 atom stereocenters. The topological polar surface area (TPSA) is 76.4 Å². The van der Waals surface area contributed by atoms with Crippen LogP contribution in [0.5, 0.6) is 0 Å². The Morgan fingerprint density at radius 2 is 1.86 bits per heavy atom. The number of benzene rings is 1. The zero-order valence-electron chi connectivity index (χ0n) is 12.6. The SMILES string of the molecule is CCC(C)NC(=O)c1ccc(CS(=O)(=O)c2ccccc2)o1. The molecule has 0 spiro atoms. The van der Waals surface area contributed by atoms with Gasteiger partial charge in [-0.3, -0.25) is 4.79 Å². The summed E-state index contributed by atoms with van der Waals surface area (Å²) in [4.78, 5) is 12.1. The minimum Gasteiger partial charge on any atom is -0.455 e. The number of hydrogen-bond acceptors (Lipinski definition) is 4. The maximum Gasteiger partial charge on any atom is 0.287 e. The van der Waals surface area contributed by atoms with Crippen molar-refractivity contribution in [3.63, 3.8) is 0 Å². The second-order valence-corrected chi connectivity index (χ2v) is 7.11. The van der Waals surface area contributed by atoms with Crippen LogP contribution in [0.4, 0.5) is 0 Å². The lowest BCUT2D eigenvalue weighted by Gasteiger charge is -2.09. The predicted octanol–water partition coefficient (Wildman–Crippen LogP) is 2.78. The Labute approximate surface area is 130 Å². The van der Waals surface area contributed by atoms with Gasteiger partial charge >= 0.3 is 0 Å². The van der Waals surface area contributed by atoms with E-state index >= 15 is 0 Å². The van der Waals surface area contributed by atoms with Crippen LogP contribution >= 0.6 is 0 Å². The first-order valence-electron chi connectivity index (χ1n) is 7.09. The van der Waals surface area contributed by atoms with Crippen LogP contribution in [0, 0.1) is 0 Å². The van der Waals surface area contributed by atoms with Gasteiger partial charge in [-0.15, -0.1) is 0 Å². The molecule has 0 saturated carbocycles. The Bertz CT molecular complexity index is 735. The number of hydrogen-bond donors (Lipinski definition) is 1. The lowest BCUT2D eigenvalue weighted by molar-refractivity contribution is 0.0909. The van der Waals surface area contributed by atoms with Crippen molar-refractivity contribution in [2.45, 2.75) is 37.0 Å². The largest absolute Gasteiger partial charge is 0.455 e. The fourth-order valence-corrected chi connectivity index (χ4v) is 3.14. The highest BCUT2D eigenvalue weighted by atomic mass is 32.2. The zero-order chi connectivity index (χ0) is 16.2. The van der Waals surface area contributed by atoms with Gasteiger partial charge < -0.3 is 9.73 Å². The molecule has 1 unspecified atom stereocenters. The highest BCUT2D eigenvalue weighted by Gasteiger charge is 2.19. The van der Waals surface area contributed by atoms with Gasteiger partial charge in [0.2, 0.25) is 0 Å². The van der Waals surface area contributed by atoms with E-state index in [4.69, 9.17) is 4.42 Å². The zero-order valence-corrected chi connectivity index (χ0v) is 13.4. The predicted molar refractivity (Wildman–Crippen MR) is 83.3 cm³/mol. The van der Waals surface area contributed by atoms with Crippen LogP contribution in [-0.4, -0.2) is 20.4 Å². The van der Waals surface area contributed by atoms with E-state index in [1.807, 2.05) is 13.8 Å². The third-order valence-corrected chi connectivity index (χ3v) is 4.96. The smallest absolute Gasteiger partial charge is 0.287 e. The van der Waals surface area contributed by atoms with Crippen LogP contribution in [0.2, 0.25) is 0 Å². The molecule has 22 heavy (non-hydrogen) atoms. The van der Waals surface area contributed by atoms with Crippen LogP contribution in [-0.2, 0) is 15.6 Å². The summed E-state index contributed by atoms with van der Waals surface area (Å²) in [7, 11) is -3.48. The van der Waals surface area contributed by atoms with E-state index in [0.717, 1.165) is 6.42 Å². The highest BCUT2D eigenvalue weighted by molar-refractivity contribution is 7.90. The van der Waals surface area contributed by atoms with Gasteiger partial charge in [-0.05, 0) is 37.6 Å². The van der Waals surface area contributed by atoms with Gasteiger partial charge in [-0.25, -0.2) is 8.42 Å². The van der Waals surface area contributed by atoms with Gasteiger partial charge in [0.25, 0.3) is 5.91 Å². The van der Waals surface area contributed by atoms with Crippen molar-refractivity contribution in [1.82, 2.24) is 5.32 Å². The molecule has 1 aromatic carbocycles. The summed E-state index contributed by atoms with van der Waals surface area (Å²) < 4.78 is 29.8. The molecule has 0 aliphatic heterocycles. The minimum atomic E-state index is -3.48. The normalized spacial score (nSPS) is 12.8. The van der Waals surface area contributed by atoms with Gasteiger partial charge in [-0.2, -0.15) is 0 Å². The molecule has 1 amide bonds. The Balaban J connectivity index is 2.11. The minimum absolute atomic E-state index is 0.0362. The first-order chi connectivity index (χ1) is 10.4. The number of carbonyl (C=O) groups is 1. The molecule has 0 aliphatic rings. The molecule has 1 N–H and O–H groups in total. The quantitative estimate of drug-likeness (QED) is 0.887. The summed E-state index contributed by atoms with van der Waals surface area (Å²) in [5.41, 5.74) is 0. The van der Waals surface area contributed by atoms with Crippen LogP contribution < -0.4 is 5.32 Å². The van der Waals surface area contributed by atoms with Crippen molar-refractivity contribution < 1.29 is 17.6 Å². The molecule has 0 aliphatic carbocycles. The number of furan rings is 1. The van der Waals surface area contributed by atoms with Crippen molar-refractivity contribution in [3.05, 3.63) is 54.0 Å². The molecule has 5 nitrogen and oxygen atoms in total. The Kier molecular flexibility index (Phi) is 5.03. The maximum atomic E-state index is 12.2. The first-order valence-corrected chi connectivity index (χ1v) is 8.75. The first kappa shape index (κ1) is 16.3. The van der Waals surface area contributed by atoms with E-state index in [0.29, 0.717) is 0 Å². The summed E-state index contributed by atoms with van der Waals surface area (Å²) in [6.45, 7) is 3.85. The molecule has 0 saturated heterocycles. The van der Waals surface area contributed by atoms with Gasteiger partial charge in [0.15, 0.2) is 15.6 Å². The summed E-state index contributed by atoms with van der Waals surface area (Å²) in [6.07, 6.45) is 0.807. The number of nitrogens with one attached hydrogen (secondary N) is 1. The molecule has 2 aromatic rings. The van der Waals surface area contributed by atoms with Crippen molar-refractivity contribution in [2.24, 2.45) is 0 Å². The van der Waals surface area contributed by atoms with E-state index in [1.54, 1.807) is 18.2 Å². The van der Waals surface area contributed by atoms with Gasteiger partial charge in [0.05, 0.1) is 4.90 Å². The molecule has 118 valence electrons.